The summed E-state index contributed by atoms with van der Waals surface area (Å²) in [6.07, 6.45) is -13.5. The molecule has 16 heteroatoms. The molecule has 2 atom stereocenters. The van der Waals surface area contributed by atoms with E-state index in [-0.39, 0.29) is 48.7 Å². The summed E-state index contributed by atoms with van der Waals surface area (Å²) in [4.78, 5) is 22.9. The normalized spacial score (nSPS) is 15.3. The van der Waals surface area contributed by atoms with Crippen LogP contribution in [0.25, 0.3) is 22.3 Å². The summed E-state index contributed by atoms with van der Waals surface area (Å²) in [6, 6.07) is 14.0. The molecule has 0 saturated heterocycles. The lowest BCUT2D eigenvalue weighted by molar-refractivity contribution is -0.137. The summed E-state index contributed by atoms with van der Waals surface area (Å²) in [5, 5.41) is 9.31. The molecule has 1 aliphatic carbocycles. The predicted molar refractivity (Wildman–Crippen MR) is 187 cm³/mol. The van der Waals surface area contributed by atoms with Gasteiger partial charge >= 0.3 is 24.5 Å². The van der Waals surface area contributed by atoms with Crippen LogP contribution >= 0.6 is 11.6 Å². The number of allylic oxidation sites excluding steroid dienone is 3. The van der Waals surface area contributed by atoms with E-state index < -0.39 is 53.5 Å². The number of benzene rings is 3. The Morgan fingerprint density at radius 2 is 1.52 bits per heavy atom. The average Bonchev–Trinajstić information content (AvgIpc) is 3.34. The maximum atomic E-state index is 13.0. The summed E-state index contributed by atoms with van der Waals surface area (Å²) in [5.41, 5.74) is -0.711. The minimum absolute atomic E-state index is 0.0451. The van der Waals surface area contributed by atoms with Gasteiger partial charge in [0.05, 0.1) is 23.8 Å². The topological polar surface area (TPSA) is 76.1 Å². The molecule has 3 aromatic rings. The standard InChI is InChI=1S/C21H14ClF3O3.C15H19F6NO2.C2H6/c1-28-19-9-5-13(16-8-4-14(20(26)27)11-18(16)22)10-17(19)12-2-6-15(7-3-12)21(23,24)25;1-10(8-24-9-23)22(2)7-11-3-4-12(14(16,17)18)6-13(5-11)15(19,20)21;1-2/h2-11H,1H3,(H,26,27);5-6,9-11H,3-4,7-8H2,1-2H3;1-2H3. The van der Waals surface area contributed by atoms with Gasteiger partial charge in [-0.05, 0) is 86.3 Å². The van der Waals surface area contributed by atoms with Crippen molar-refractivity contribution in [3.05, 3.63) is 100 Å². The second-order valence-electron chi connectivity index (χ2n) is 11.8. The maximum Gasteiger partial charge on any atom is 0.416 e. The van der Waals surface area contributed by atoms with E-state index in [0.717, 1.165) is 18.2 Å². The van der Waals surface area contributed by atoms with Gasteiger partial charge in [0.15, 0.2) is 0 Å². The molecule has 1 N–H and O–H groups in total. The molecular formula is C38H39ClF9NO5. The van der Waals surface area contributed by atoms with E-state index in [9.17, 15) is 49.1 Å². The SMILES string of the molecule is CC.CC(COC=O)N(C)CC1C=C(C(F)(F)F)C=C(C(F)(F)F)CC1.COc1ccc(-c2ccc(C(=O)O)cc2Cl)cc1-c1ccc(C(F)(F)F)cc1. The van der Waals surface area contributed by atoms with Crippen molar-refractivity contribution in [1.29, 1.82) is 0 Å². The van der Waals surface area contributed by atoms with E-state index in [2.05, 4.69) is 4.74 Å². The Bertz CT molecular complexity index is 1770. The highest BCUT2D eigenvalue weighted by Crippen LogP contribution is 2.40. The molecule has 0 bridgehead atoms. The minimum Gasteiger partial charge on any atom is -0.496 e. The summed E-state index contributed by atoms with van der Waals surface area (Å²) in [6.45, 7) is 6.14. The molecule has 0 saturated carbocycles. The molecule has 296 valence electrons. The number of halogens is 10. The van der Waals surface area contributed by atoms with Gasteiger partial charge in [0.25, 0.3) is 6.47 Å². The molecule has 1 aliphatic rings. The smallest absolute Gasteiger partial charge is 0.416 e. The van der Waals surface area contributed by atoms with E-state index in [1.165, 1.54) is 31.4 Å². The van der Waals surface area contributed by atoms with Crippen molar-refractivity contribution in [1.82, 2.24) is 4.90 Å². The van der Waals surface area contributed by atoms with Crippen LogP contribution in [0.3, 0.4) is 0 Å². The van der Waals surface area contributed by atoms with Crippen molar-refractivity contribution in [3.8, 4) is 28.0 Å². The largest absolute Gasteiger partial charge is 0.496 e. The highest BCUT2D eigenvalue weighted by Gasteiger charge is 2.40. The first-order valence-electron chi connectivity index (χ1n) is 16.4. The third-order valence-corrected chi connectivity index (χ3v) is 8.46. The Balaban J connectivity index is 0.000000362. The van der Waals surface area contributed by atoms with Gasteiger partial charge in [-0.15, -0.1) is 0 Å². The third kappa shape index (κ3) is 13.1. The Kier molecular flexibility index (Phi) is 16.7. The molecule has 4 rings (SSSR count). The van der Waals surface area contributed by atoms with Crippen LogP contribution in [-0.4, -0.2) is 68.2 Å². The zero-order chi connectivity index (χ0) is 41.0. The lowest BCUT2D eigenvalue weighted by Gasteiger charge is -2.27. The molecule has 0 spiro atoms. The zero-order valence-corrected chi connectivity index (χ0v) is 30.6. The highest BCUT2D eigenvalue weighted by atomic mass is 35.5. The fourth-order valence-electron chi connectivity index (χ4n) is 5.21. The number of nitrogens with zero attached hydrogens (tertiary/aromatic N) is 1. The number of methoxy groups -OCH3 is 1. The predicted octanol–water partition coefficient (Wildman–Crippen LogP) is 11.3. The van der Waals surface area contributed by atoms with Crippen LogP contribution in [-0.2, 0) is 15.7 Å². The van der Waals surface area contributed by atoms with Crippen LogP contribution in [0.1, 0.15) is 49.5 Å². The van der Waals surface area contributed by atoms with Crippen molar-refractivity contribution in [3.63, 3.8) is 0 Å². The molecule has 54 heavy (non-hydrogen) atoms. The minimum atomic E-state index is -4.84. The van der Waals surface area contributed by atoms with Crippen LogP contribution in [0.4, 0.5) is 39.5 Å². The Labute approximate surface area is 311 Å². The lowest BCUT2D eigenvalue weighted by atomic mass is 9.96. The third-order valence-electron chi connectivity index (χ3n) is 8.15. The molecule has 0 aromatic heterocycles. The second kappa shape index (κ2) is 19.7. The fourth-order valence-corrected chi connectivity index (χ4v) is 5.50. The van der Waals surface area contributed by atoms with Crippen LogP contribution in [0, 0.1) is 5.92 Å². The first-order chi connectivity index (χ1) is 25.1. The number of carboxylic acids is 1. The van der Waals surface area contributed by atoms with Gasteiger partial charge in [-0.25, -0.2) is 4.79 Å². The number of carbonyl (C=O) groups is 2. The van der Waals surface area contributed by atoms with Crippen molar-refractivity contribution in [2.45, 2.75) is 58.2 Å². The van der Waals surface area contributed by atoms with Gasteiger partial charge in [-0.1, -0.05) is 55.8 Å². The van der Waals surface area contributed by atoms with Crippen LogP contribution in [0.5, 0.6) is 5.75 Å². The maximum absolute atomic E-state index is 13.0. The van der Waals surface area contributed by atoms with Gasteiger partial charge in [0.2, 0.25) is 0 Å². The van der Waals surface area contributed by atoms with Crippen molar-refractivity contribution < 1.29 is 63.7 Å². The van der Waals surface area contributed by atoms with E-state index >= 15 is 0 Å². The van der Waals surface area contributed by atoms with Crippen LogP contribution < -0.4 is 4.74 Å². The summed E-state index contributed by atoms with van der Waals surface area (Å²) in [5.74, 6) is -1.29. The molecule has 2 unspecified atom stereocenters. The summed E-state index contributed by atoms with van der Waals surface area (Å²) < 4.78 is 126. The first kappa shape index (κ1) is 45.7. The van der Waals surface area contributed by atoms with Gasteiger partial charge in [0.1, 0.15) is 12.4 Å². The molecule has 3 aromatic carbocycles. The Hall–Kier alpha value is -4.50. The number of hydrogen-bond acceptors (Lipinski definition) is 5. The van der Waals surface area contributed by atoms with Gasteiger partial charge in [-0.2, -0.15) is 39.5 Å². The number of rotatable bonds is 10. The number of likely N-dealkylation sites (N-methyl/N-ethyl adjacent to an activating group) is 1. The molecule has 0 aliphatic heterocycles. The lowest BCUT2D eigenvalue weighted by Crippen LogP contribution is -2.36. The highest BCUT2D eigenvalue weighted by molar-refractivity contribution is 6.33. The number of aromatic carboxylic acids is 1. The number of carbonyl (C=O) groups excluding carboxylic acids is 1. The number of alkyl halides is 9. The molecule has 0 heterocycles. The first-order valence-corrected chi connectivity index (χ1v) is 16.7. The molecule has 6 nitrogen and oxygen atoms in total. The molecular weight excluding hydrogens is 757 g/mol. The quantitative estimate of drug-likeness (QED) is 0.163. The fraction of sp³-hybridized carbons (Fsp3) is 0.368. The van der Waals surface area contributed by atoms with Crippen LogP contribution in [0.15, 0.2) is 84.0 Å². The van der Waals surface area contributed by atoms with Crippen LogP contribution in [0.2, 0.25) is 5.02 Å². The summed E-state index contributed by atoms with van der Waals surface area (Å²) >= 11 is 6.23. The number of ether oxygens (including phenoxy) is 2. The van der Waals surface area contributed by atoms with Gasteiger partial charge < -0.3 is 14.6 Å². The Morgan fingerprint density at radius 1 is 0.907 bits per heavy atom. The van der Waals surface area contributed by atoms with E-state index in [1.54, 1.807) is 43.1 Å². The second-order valence-corrected chi connectivity index (χ2v) is 12.2. The number of hydrogen-bond donors (Lipinski definition) is 1. The molecule has 0 radical (unpaired) electrons. The average molecular weight is 796 g/mol. The van der Waals surface area contributed by atoms with Crippen molar-refractivity contribution in [2.24, 2.45) is 5.92 Å². The Morgan fingerprint density at radius 3 is 2.02 bits per heavy atom. The van der Waals surface area contributed by atoms with Crippen molar-refractivity contribution in [2.75, 3.05) is 27.3 Å². The van der Waals surface area contributed by atoms with E-state index in [4.69, 9.17) is 21.4 Å². The molecule has 0 fully saturated rings. The summed E-state index contributed by atoms with van der Waals surface area (Å²) in [7, 11) is 3.08. The van der Waals surface area contributed by atoms with Gasteiger partial charge in [0, 0.05) is 34.3 Å². The van der Waals surface area contributed by atoms with Gasteiger partial charge in [-0.3, -0.25) is 9.69 Å². The van der Waals surface area contributed by atoms with E-state index in [0.29, 0.717) is 28.0 Å². The van der Waals surface area contributed by atoms with E-state index in [1.807, 2.05) is 13.8 Å². The monoisotopic (exact) mass is 795 g/mol. The number of carboxylic acid groups (broad SMARTS) is 1. The zero-order valence-electron chi connectivity index (χ0n) is 29.8. The molecule has 0 amide bonds. The van der Waals surface area contributed by atoms with Crippen molar-refractivity contribution >= 4 is 24.0 Å².